The summed E-state index contributed by atoms with van der Waals surface area (Å²) in [4.78, 5) is 6.81. The van der Waals surface area contributed by atoms with Crippen molar-refractivity contribution in [2.45, 2.75) is 39.8 Å². The van der Waals surface area contributed by atoms with Crippen LogP contribution in [0.25, 0.3) is 0 Å². The summed E-state index contributed by atoms with van der Waals surface area (Å²) in [7, 11) is 0. The Bertz CT molecular complexity index is 431. The van der Waals surface area contributed by atoms with Gasteiger partial charge in [0.25, 0.3) is 0 Å². The van der Waals surface area contributed by atoms with Gasteiger partial charge in [-0.15, -0.1) is 0 Å². The highest BCUT2D eigenvalue weighted by atomic mass is 16.3. The second-order valence-corrected chi connectivity index (χ2v) is 5.29. The minimum atomic E-state index is -0.236. The highest BCUT2D eigenvalue weighted by Gasteiger charge is 2.27. The fourth-order valence-electron chi connectivity index (χ4n) is 2.77. The quantitative estimate of drug-likeness (QED) is 0.849. The van der Waals surface area contributed by atoms with Crippen LogP contribution in [0.1, 0.15) is 30.3 Å². The molecule has 4 heteroatoms. The molecule has 0 saturated carbocycles. The van der Waals surface area contributed by atoms with E-state index >= 15 is 0 Å². The molecule has 2 rings (SSSR count). The molecule has 100 valence electrons. The SMILES string of the molecule is Cc1cc(N2CCC(C(C)O)C2)c(CN)c(C)n1. The first kappa shape index (κ1) is 13.3. The molecule has 0 amide bonds. The molecule has 2 heterocycles. The van der Waals surface area contributed by atoms with Crippen LogP contribution in [0.4, 0.5) is 5.69 Å². The van der Waals surface area contributed by atoms with Crippen molar-refractivity contribution in [2.24, 2.45) is 11.7 Å². The summed E-state index contributed by atoms with van der Waals surface area (Å²) in [5.41, 5.74) is 10.2. The van der Waals surface area contributed by atoms with E-state index in [-0.39, 0.29) is 6.10 Å². The van der Waals surface area contributed by atoms with Crippen LogP contribution in [-0.4, -0.2) is 29.3 Å². The lowest BCUT2D eigenvalue weighted by atomic mass is 10.0. The summed E-state index contributed by atoms with van der Waals surface area (Å²) in [6.07, 6.45) is 0.808. The molecule has 1 aliphatic heterocycles. The Balaban J connectivity index is 2.29. The van der Waals surface area contributed by atoms with Gasteiger partial charge in [0.05, 0.1) is 6.10 Å². The summed E-state index contributed by atoms with van der Waals surface area (Å²) in [5, 5.41) is 9.69. The van der Waals surface area contributed by atoms with E-state index in [1.165, 1.54) is 5.69 Å². The van der Waals surface area contributed by atoms with Crippen molar-refractivity contribution in [3.8, 4) is 0 Å². The van der Waals surface area contributed by atoms with Crippen LogP contribution in [0, 0.1) is 19.8 Å². The Labute approximate surface area is 109 Å². The zero-order chi connectivity index (χ0) is 13.3. The molecular formula is C14H23N3O. The molecule has 1 aromatic heterocycles. The summed E-state index contributed by atoms with van der Waals surface area (Å²) in [6.45, 7) is 8.32. The Hall–Kier alpha value is -1.13. The molecule has 18 heavy (non-hydrogen) atoms. The van der Waals surface area contributed by atoms with Crippen molar-refractivity contribution in [3.05, 3.63) is 23.0 Å². The van der Waals surface area contributed by atoms with E-state index in [0.717, 1.165) is 36.5 Å². The van der Waals surface area contributed by atoms with Crippen molar-refractivity contribution >= 4 is 5.69 Å². The van der Waals surface area contributed by atoms with Crippen LogP contribution in [-0.2, 0) is 6.54 Å². The molecule has 1 aliphatic rings. The molecule has 0 spiro atoms. The van der Waals surface area contributed by atoms with Gasteiger partial charge in [0.15, 0.2) is 0 Å². The number of nitrogens with zero attached hydrogens (tertiary/aromatic N) is 2. The van der Waals surface area contributed by atoms with Gasteiger partial charge < -0.3 is 15.7 Å². The molecule has 2 atom stereocenters. The molecule has 1 aromatic rings. The van der Waals surface area contributed by atoms with E-state index in [2.05, 4.69) is 16.0 Å². The highest BCUT2D eigenvalue weighted by molar-refractivity contribution is 5.56. The molecule has 0 aliphatic carbocycles. The van der Waals surface area contributed by atoms with E-state index in [9.17, 15) is 5.11 Å². The molecule has 0 aromatic carbocycles. The van der Waals surface area contributed by atoms with Crippen LogP contribution in [0.5, 0.6) is 0 Å². The number of aryl methyl sites for hydroxylation is 2. The van der Waals surface area contributed by atoms with Crippen molar-refractivity contribution in [3.63, 3.8) is 0 Å². The third-order valence-electron chi connectivity index (χ3n) is 3.89. The van der Waals surface area contributed by atoms with Crippen LogP contribution in [0.2, 0.25) is 0 Å². The third-order valence-corrected chi connectivity index (χ3v) is 3.89. The lowest BCUT2D eigenvalue weighted by molar-refractivity contribution is 0.136. The van der Waals surface area contributed by atoms with Crippen molar-refractivity contribution < 1.29 is 5.11 Å². The van der Waals surface area contributed by atoms with Gasteiger partial charge in [0, 0.05) is 48.2 Å². The molecule has 2 unspecified atom stereocenters. The number of aliphatic hydroxyl groups excluding tert-OH is 1. The van der Waals surface area contributed by atoms with Crippen molar-refractivity contribution in [1.82, 2.24) is 4.98 Å². The zero-order valence-electron chi connectivity index (χ0n) is 11.5. The number of aliphatic hydroxyl groups is 1. The summed E-state index contributed by atoms with van der Waals surface area (Å²) >= 11 is 0. The van der Waals surface area contributed by atoms with E-state index in [0.29, 0.717) is 12.5 Å². The number of hydrogen-bond acceptors (Lipinski definition) is 4. The second-order valence-electron chi connectivity index (χ2n) is 5.29. The normalized spacial score (nSPS) is 21.4. The van der Waals surface area contributed by atoms with E-state index in [1.54, 1.807) is 0 Å². The summed E-state index contributed by atoms with van der Waals surface area (Å²) < 4.78 is 0. The highest BCUT2D eigenvalue weighted by Crippen LogP contribution is 2.30. The largest absolute Gasteiger partial charge is 0.393 e. The summed E-state index contributed by atoms with van der Waals surface area (Å²) in [5.74, 6) is 0.365. The van der Waals surface area contributed by atoms with Gasteiger partial charge in [-0.25, -0.2) is 0 Å². The fraction of sp³-hybridized carbons (Fsp3) is 0.643. The van der Waals surface area contributed by atoms with Gasteiger partial charge in [-0.1, -0.05) is 0 Å². The van der Waals surface area contributed by atoms with Crippen LogP contribution >= 0.6 is 0 Å². The molecule has 1 fully saturated rings. The van der Waals surface area contributed by atoms with Gasteiger partial charge >= 0.3 is 0 Å². The van der Waals surface area contributed by atoms with Crippen LogP contribution < -0.4 is 10.6 Å². The van der Waals surface area contributed by atoms with Crippen molar-refractivity contribution in [1.29, 1.82) is 0 Å². The molecule has 0 bridgehead atoms. The van der Waals surface area contributed by atoms with Crippen molar-refractivity contribution in [2.75, 3.05) is 18.0 Å². The first-order chi connectivity index (χ1) is 8.52. The van der Waals surface area contributed by atoms with E-state index in [1.807, 2.05) is 20.8 Å². The maximum atomic E-state index is 9.69. The van der Waals surface area contributed by atoms with Gasteiger partial charge in [-0.05, 0) is 33.3 Å². The smallest absolute Gasteiger partial charge is 0.0557 e. The monoisotopic (exact) mass is 249 g/mol. The molecule has 3 N–H and O–H groups in total. The third kappa shape index (κ3) is 2.49. The summed E-state index contributed by atoms with van der Waals surface area (Å²) in [6, 6.07) is 2.11. The lowest BCUT2D eigenvalue weighted by Gasteiger charge is -2.23. The number of hydrogen-bond donors (Lipinski definition) is 2. The maximum absolute atomic E-state index is 9.69. The standard InChI is InChI=1S/C14H23N3O/c1-9-6-14(13(7-15)10(2)16-9)17-5-4-12(8-17)11(3)18/h6,11-12,18H,4-5,7-8,15H2,1-3H3. The minimum absolute atomic E-state index is 0.236. The zero-order valence-corrected chi connectivity index (χ0v) is 11.5. The number of aromatic nitrogens is 1. The van der Waals surface area contributed by atoms with E-state index in [4.69, 9.17) is 5.73 Å². The first-order valence-electron chi connectivity index (χ1n) is 6.63. The Morgan fingerprint density at radius 2 is 2.28 bits per heavy atom. The van der Waals surface area contributed by atoms with Crippen LogP contribution in [0.15, 0.2) is 6.07 Å². The predicted octanol–water partition coefficient (Wildman–Crippen LogP) is 1.36. The number of rotatable bonds is 3. The Kier molecular flexibility index (Phi) is 3.88. The molecular weight excluding hydrogens is 226 g/mol. The average Bonchev–Trinajstić information content (AvgIpc) is 2.77. The number of nitrogens with two attached hydrogens (primary N) is 1. The van der Waals surface area contributed by atoms with Gasteiger partial charge in [0.1, 0.15) is 0 Å². The van der Waals surface area contributed by atoms with Gasteiger partial charge in [-0.3, -0.25) is 4.98 Å². The topological polar surface area (TPSA) is 62.4 Å². The predicted molar refractivity (Wildman–Crippen MR) is 73.6 cm³/mol. The number of pyridine rings is 1. The molecule has 4 nitrogen and oxygen atoms in total. The first-order valence-corrected chi connectivity index (χ1v) is 6.63. The van der Waals surface area contributed by atoms with E-state index < -0.39 is 0 Å². The average molecular weight is 249 g/mol. The van der Waals surface area contributed by atoms with Crippen LogP contribution in [0.3, 0.4) is 0 Å². The Morgan fingerprint density at radius 3 is 2.83 bits per heavy atom. The van der Waals surface area contributed by atoms with Gasteiger partial charge in [-0.2, -0.15) is 0 Å². The molecule has 1 saturated heterocycles. The number of anilines is 1. The maximum Gasteiger partial charge on any atom is 0.0557 e. The van der Waals surface area contributed by atoms with Gasteiger partial charge in [0.2, 0.25) is 0 Å². The fourth-order valence-corrected chi connectivity index (χ4v) is 2.77. The molecule has 0 radical (unpaired) electrons. The Morgan fingerprint density at radius 1 is 1.56 bits per heavy atom. The second kappa shape index (κ2) is 5.24. The lowest BCUT2D eigenvalue weighted by Crippen LogP contribution is -2.25. The minimum Gasteiger partial charge on any atom is -0.393 e.